The predicted octanol–water partition coefficient (Wildman–Crippen LogP) is 2.21. The number of piperazine rings is 1. The normalized spacial score (nSPS) is 15.6. The maximum absolute atomic E-state index is 12.8. The smallest absolute Gasteiger partial charge is 0.293 e. The first-order chi connectivity index (χ1) is 13.6. The number of carbonyl (C=O) groups excluding carboxylic acids is 1. The van der Waals surface area contributed by atoms with Crippen LogP contribution in [0.25, 0.3) is 11.9 Å². The number of aryl methyl sites for hydroxylation is 2. The average molecular weight is 376 g/mol. The SMILES string of the molecule is Cc1cc(C)n2nc(C(=O)N3CCN(CC=Cc4ccccc4)CC3)nc2n1. The molecule has 2 aromatic heterocycles. The molecule has 1 aromatic carbocycles. The summed E-state index contributed by atoms with van der Waals surface area (Å²) in [4.78, 5) is 25.7. The third-order valence-corrected chi connectivity index (χ3v) is 4.94. The topological polar surface area (TPSA) is 66.6 Å². The van der Waals surface area contributed by atoms with Crippen molar-refractivity contribution >= 4 is 17.8 Å². The number of aromatic nitrogens is 4. The molecule has 7 nitrogen and oxygen atoms in total. The second kappa shape index (κ2) is 7.90. The minimum Gasteiger partial charge on any atom is -0.333 e. The van der Waals surface area contributed by atoms with E-state index in [2.05, 4.69) is 44.3 Å². The molecule has 1 amide bonds. The molecule has 1 aliphatic rings. The summed E-state index contributed by atoms with van der Waals surface area (Å²) in [6.45, 7) is 7.77. The van der Waals surface area contributed by atoms with Gasteiger partial charge in [-0.25, -0.2) is 9.50 Å². The summed E-state index contributed by atoms with van der Waals surface area (Å²) < 4.78 is 1.63. The van der Waals surface area contributed by atoms with Gasteiger partial charge >= 0.3 is 0 Å². The van der Waals surface area contributed by atoms with Crippen molar-refractivity contribution in [2.45, 2.75) is 13.8 Å². The van der Waals surface area contributed by atoms with Gasteiger partial charge in [-0.3, -0.25) is 9.69 Å². The van der Waals surface area contributed by atoms with Gasteiger partial charge in [-0.05, 0) is 25.5 Å². The van der Waals surface area contributed by atoms with Crippen LogP contribution in [-0.2, 0) is 0 Å². The fraction of sp³-hybridized carbons (Fsp3) is 0.333. The monoisotopic (exact) mass is 376 g/mol. The van der Waals surface area contributed by atoms with Crippen LogP contribution in [0, 0.1) is 13.8 Å². The molecule has 0 N–H and O–H groups in total. The summed E-state index contributed by atoms with van der Waals surface area (Å²) in [5, 5.41) is 4.36. The lowest BCUT2D eigenvalue weighted by Crippen LogP contribution is -2.48. The van der Waals surface area contributed by atoms with Gasteiger partial charge < -0.3 is 4.90 Å². The molecule has 1 fully saturated rings. The van der Waals surface area contributed by atoms with Crippen molar-refractivity contribution in [3.05, 3.63) is 65.2 Å². The molecule has 0 radical (unpaired) electrons. The van der Waals surface area contributed by atoms with Crippen molar-refractivity contribution in [2.24, 2.45) is 0 Å². The zero-order chi connectivity index (χ0) is 19.5. The molecule has 0 atom stereocenters. The molecule has 0 unspecified atom stereocenters. The lowest BCUT2D eigenvalue weighted by Gasteiger charge is -2.33. The van der Waals surface area contributed by atoms with Gasteiger partial charge in [-0.1, -0.05) is 42.5 Å². The molecule has 3 aromatic rings. The van der Waals surface area contributed by atoms with E-state index in [1.54, 1.807) is 4.52 Å². The molecule has 3 heterocycles. The van der Waals surface area contributed by atoms with E-state index in [0.29, 0.717) is 18.9 Å². The van der Waals surface area contributed by atoms with E-state index in [4.69, 9.17) is 0 Å². The largest absolute Gasteiger partial charge is 0.333 e. The lowest BCUT2D eigenvalue weighted by atomic mass is 10.2. The van der Waals surface area contributed by atoms with Crippen molar-refractivity contribution in [1.82, 2.24) is 29.4 Å². The maximum Gasteiger partial charge on any atom is 0.293 e. The molecule has 1 saturated heterocycles. The summed E-state index contributed by atoms with van der Waals surface area (Å²) in [6.07, 6.45) is 4.31. The number of rotatable bonds is 4. The number of fused-ring (bicyclic) bond motifs is 1. The standard InChI is InChI=1S/C21H24N6O/c1-16-15-17(2)27-21(22-16)23-19(24-27)20(28)26-13-11-25(12-14-26)10-6-9-18-7-4-3-5-8-18/h3-9,15H,10-14H2,1-2H3. The van der Waals surface area contributed by atoms with E-state index in [1.807, 2.05) is 43.0 Å². The van der Waals surface area contributed by atoms with Crippen LogP contribution in [0.2, 0.25) is 0 Å². The van der Waals surface area contributed by atoms with E-state index in [0.717, 1.165) is 31.0 Å². The molecular weight excluding hydrogens is 352 g/mol. The third kappa shape index (κ3) is 3.94. The van der Waals surface area contributed by atoms with Gasteiger partial charge in [0.15, 0.2) is 0 Å². The van der Waals surface area contributed by atoms with Crippen LogP contribution in [-0.4, -0.2) is 68.0 Å². The second-order valence-corrected chi connectivity index (χ2v) is 7.09. The van der Waals surface area contributed by atoms with E-state index >= 15 is 0 Å². The van der Waals surface area contributed by atoms with E-state index in [-0.39, 0.29) is 11.7 Å². The van der Waals surface area contributed by atoms with E-state index < -0.39 is 0 Å². The molecule has 4 rings (SSSR count). The number of hydrogen-bond donors (Lipinski definition) is 0. The summed E-state index contributed by atoms with van der Waals surface area (Å²) in [7, 11) is 0. The summed E-state index contributed by atoms with van der Waals surface area (Å²) in [5.74, 6) is 0.575. The van der Waals surface area contributed by atoms with Gasteiger partial charge in [0.05, 0.1) is 0 Å². The fourth-order valence-corrected chi connectivity index (χ4v) is 3.43. The van der Waals surface area contributed by atoms with Crippen molar-refractivity contribution in [3.63, 3.8) is 0 Å². The molecule has 144 valence electrons. The van der Waals surface area contributed by atoms with Crippen molar-refractivity contribution in [1.29, 1.82) is 0 Å². The number of benzene rings is 1. The number of carbonyl (C=O) groups is 1. The van der Waals surface area contributed by atoms with Gasteiger partial charge in [0.2, 0.25) is 5.82 Å². The minimum atomic E-state index is -0.123. The van der Waals surface area contributed by atoms with Crippen LogP contribution in [0.15, 0.2) is 42.5 Å². The van der Waals surface area contributed by atoms with Gasteiger partial charge in [-0.2, -0.15) is 4.98 Å². The van der Waals surface area contributed by atoms with Crippen LogP contribution in [0.4, 0.5) is 0 Å². The number of hydrogen-bond acceptors (Lipinski definition) is 5. The van der Waals surface area contributed by atoms with E-state index in [1.165, 1.54) is 5.56 Å². The summed E-state index contributed by atoms with van der Waals surface area (Å²) >= 11 is 0. The van der Waals surface area contributed by atoms with Gasteiger partial charge in [0.25, 0.3) is 11.7 Å². The van der Waals surface area contributed by atoms with Gasteiger partial charge in [0.1, 0.15) is 0 Å². The first kappa shape index (κ1) is 18.3. The highest BCUT2D eigenvalue weighted by atomic mass is 16.2. The molecule has 28 heavy (non-hydrogen) atoms. The zero-order valence-corrected chi connectivity index (χ0v) is 16.2. The highest BCUT2D eigenvalue weighted by Gasteiger charge is 2.25. The van der Waals surface area contributed by atoms with Crippen molar-refractivity contribution in [2.75, 3.05) is 32.7 Å². The Labute approximate surface area is 164 Å². The van der Waals surface area contributed by atoms with E-state index in [9.17, 15) is 4.79 Å². The van der Waals surface area contributed by atoms with Crippen LogP contribution in [0.5, 0.6) is 0 Å². The zero-order valence-electron chi connectivity index (χ0n) is 16.2. The van der Waals surface area contributed by atoms with Crippen LogP contribution < -0.4 is 0 Å². The average Bonchev–Trinajstić information content (AvgIpc) is 3.13. The molecule has 0 aliphatic carbocycles. The Morgan fingerprint density at radius 2 is 1.82 bits per heavy atom. The number of nitrogens with zero attached hydrogens (tertiary/aromatic N) is 6. The second-order valence-electron chi connectivity index (χ2n) is 7.09. The lowest BCUT2D eigenvalue weighted by molar-refractivity contribution is 0.0638. The molecule has 0 spiro atoms. The molecular formula is C21H24N6O. The summed E-state index contributed by atoms with van der Waals surface area (Å²) in [6, 6.07) is 12.2. The Morgan fingerprint density at radius 1 is 1.07 bits per heavy atom. The molecule has 1 aliphatic heterocycles. The highest BCUT2D eigenvalue weighted by Crippen LogP contribution is 2.10. The molecule has 0 bridgehead atoms. The Hall–Kier alpha value is -3.06. The van der Waals surface area contributed by atoms with Crippen LogP contribution in [0.3, 0.4) is 0 Å². The Kier molecular flexibility index (Phi) is 5.16. The van der Waals surface area contributed by atoms with Crippen molar-refractivity contribution < 1.29 is 4.79 Å². The summed E-state index contributed by atoms with van der Waals surface area (Å²) in [5.41, 5.74) is 2.99. The first-order valence-corrected chi connectivity index (χ1v) is 9.54. The van der Waals surface area contributed by atoms with Crippen LogP contribution in [0.1, 0.15) is 27.6 Å². The van der Waals surface area contributed by atoms with Gasteiger partial charge in [0, 0.05) is 44.1 Å². The molecule has 0 saturated carbocycles. The highest BCUT2D eigenvalue weighted by molar-refractivity contribution is 5.91. The quantitative estimate of drug-likeness (QED) is 0.698. The van der Waals surface area contributed by atoms with Crippen LogP contribution >= 0.6 is 0 Å². The predicted molar refractivity (Wildman–Crippen MR) is 108 cm³/mol. The third-order valence-electron chi connectivity index (χ3n) is 4.94. The first-order valence-electron chi connectivity index (χ1n) is 9.54. The maximum atomic E-state index is 12.8. The Morgan fingerprint density at radius 3 is 2.57 bits per heavy atom. The van der Waals surface area contributed by atoms with Gasteiger partial charge in [-0.15, -0.1) is 5.10 Å². The number of amides is 1. The Balaban J connectivity index is 1.35. The molecule has 7 heteroatoms. The Bertz CT molecular complexity index is 1000. The van der Waals surface area contributed by atoms with Crippen molar-refractivity contribution in [3.8, 4) is 0 Å². The minimum absolute atomic E-state index is 0.123. The fourth-order valence-electron chi connectivity index (χ4n) is 3.43.